The molecule has 0 radical (unpaired) electrons. The zero-order valence-electron chi connectivity index (χ0n) is 12.3. The van der Waals surface area contributed by atoms with Gasteiger partial charge in [0, 0.05) is 19.1 Å². The van der Waals surface area contributed by atoms with Crippen molar-refractivity contribution in [3.8, 4) is 5.75 Å². The summed E-state index contributed by atoms with van der Waals surface area (Å²) in [5, 5.41) is 0. The third-order valence-corrected chi connectivity index (χ3v) is 4.19. The third-order valence-electron chi connectivity index (χ3n) is 3.26. The Morgan fingerprint density at radius 2 is 2.21 bits per heavy atom. The van der Waals surface area contributed by atoms with Gasteiger partial charge in [0.1, 0.15) is 5.75 Å². The van der Waals surface area contributed by atoms with Gasteiger partial charge in [-0.1, -0.05) is 19.1 Å². The molecule has 2 N–H and O–H groups in total. The zero-order chi connectivity index (χ0) is 14.1. The molecule has 0 saturated carbocycles. The van der Waals surface area contributed by atoms with Crippen molar-refractivity contribution in [2.75, 3.05) is 32.2 Å². The van der Waals surface area contributed by atoms with Crippen LogP contribution in [-0.2, 0) is 6.54 Å². The van der Waals surface area contributed by atoms with Crippen molar-refractivity contribution >= 4 is 11.8 Å². The molecule has 1 atom stereocenters. The molecule has 4 heteroatoms. The monoisotopic (exact) mass is 282 g/mol. The number of ether oxygens (including phenoxy) is 1. The molecule has 0 saturated heterocycles. The highest BCUT2D eigenvalue weighted by molar-refractivity contribution is 7.99. The summed E-state index contributed by atoms with van der Waals surface area (Å²) in [7, 11) is 3.85. The minimum atomic E-state index is 0.449. The van der Waals surface area contributed by atoms with E-state index < -0.39 is 0 Å². The molecule has 0 aromatic heterocycles. The van der Waals surface area contributed by atoms with Gasteiger partial charge in [-0.2, -0.15) is 11.8 Å². The van der Waals surface area contributed by atoms with Gasteiger partial charge in [0.15, 0.2) is 0 Å². The fourth-order valence-electron chi connectivity index (χ4n) is 2.07. The Hall–Kier alpha value is -0.710. The molecule has 0 aliphatic heterocycles. The van der Waals surface area contributed by atoms with Crippen LogP contribution in [0.3, 0.4) is 0 Å². The maximum Gasteiger partial charge on any atom is 0.119 e. The fraction of sp³-hybridized carbons (Fsp3) is 0.600. The second kappa shape index (κ2) is 9.23. The van der Waals surface area contributed by atoms with E-state index in [9.17, 15) is 0 Å². The van der Waals surface area contributed by atoms with Crippen LogP contribution in [0.15, 0.2) is 24.3 Å². The van der Waals surface area contributed by atoms with Gasteiger partial charge in [0.05, 0.1) is 7.11 Å². The summed E-state index contributed by atoms with van der Waals surface area (Å²) in [6.07, 6.45) is 1.15. The Balaban J connectivity index is 2.52. The molecule has 3 nitrogen and oxygen atoms in total. The summed E-state index contributed by atoms with van der Waals surface area (Å²) in [5.41, 5.74) is 7.16. The zero-order valence-corrected chi connectivity index (χ0v) is 13.1. The predicted molar refractivity (Wildman–Crippen MR) is 84.9 cm³/mol. The number of benzene rings is 1. The molecule has 0 fully saturated rings. The lowest BCUT2D eigenvalue weighted by Gasteiger charge is -2.27. The van der Waals surface area contributed by atoms with Crippen LogP contribution in [0.5, 0.6) is 5.75 Å². The average molecular weight is 282 g/mol. The summed E-state index contributed by atoms with van der Waals surface area (Å²) < 4.78 is 5.26. The molecule has 0 heterocycles. The van der Waals surface area contributed by atoms with Crippen LogP contribution in [0.25, 0.3) is 0 Å². The quantitative estimate of drug-likeness (QED) is 0.707. The Bertz CT molecular complexity index is 360. The van der Waals surface area contributed by atoms with Crippen molar-refractivity contribution in [1.82, 2.24) is 4.90 Å². The van der Waals surface area contributed by atoms with Crippen molar-refractivity contribution in [3.63, 3.8) is 0 Å². The van der Waals surface area contributed by atoms with Crippen LogP contribution >= 0.6 is 11.8 Å². The first kappa shape index (κ1) is 16.3. The van der Waals surface area contributed by atoms with E-state index in [1.54, 1.807) is 7.11 Å². The minimum Gasteiger partial charge on any atom is -0.497 e. The second-order valence-corrected chi connectivity index (χ2v) is 6.04. The Morgan fingerprint density at radius 1 is 1.42 bits per heavy atom. The third kappa shape index (κ3) is 5.85. The van der Waals surface area contributed by atoms with Crippen LogP contribution in [0.4, 0.5) is 0 Å². The van der Waals surface area contributed by atoms with Crippen molar-refractivity contribution in [3.05, 3.63) is 29.8 Å². The molecule has 0 bridgehead atoms. The van der Waals surface area contributed by atoms with E-state index in [0.717, 1.165) is 18.7 Å². The van der Waals surface area contributed by atoms with E-state index in [1.807, 2.05) is 23.9 Å². The highest BCUT2D eigenvalue weighted by Crippen LogP contribution is 2.16. The van der Waals surface area contributed by atoms with Crippen LogP contribution in [0, 0.1) is 0 Å². The van der Waals surface area contributed by atoms with E-state index in [1.165, 1.54) is 17.1 Å². The Labute approximate surface area is 121 Å². The Morgan fingerprint density at radius 3 is 2.84 bits per heavy atom. The number of rotatable bonds is 9. The SMILES string of the molecule is CCSCCC(CN)N(C)Cc1cccc(OC)c1. The summed E-state index contributed by atoms with van der Waals surface area (Å²) in [6.45, 7) is 3.82. The van der Waals surface area contributed by atoms with Crippen molar-refractivity contribution in [1.29, 1.82) is 0 Å². The second-order valence-electron chi connectivity index (χ2n) is 4.64. The van der Waals surface area contributed by atoms with Gasteiger partial charge >= 0.3 is 0 Å². The molecule has 0 aliphatic carbocycles. The number of hydrogen-bond acceptors (Lipinski definition) is 4. The maximum absolute atomic E-state index is 5.89. The normalized spacial score (nSPS) is 12.7. The number of thioether (sulfide) groups is 1. The molecule has 1 aromatic carbocycles. The van der Waals surface area contributed by atoms with E-state index >= 15 is 0 Å². The van der Waals surface area contributed by atoms with Gasteiger partial charge in [-0.05, 0) is 42.7 Å². The molecule has 19 heavy (non-hydrogen) atoms. The largest absolute Gasteiger partial charge is 0.497 e. The van der Waals surface area contributed by atoms with E-state index in [4.69, 9.17) is 10.5 Å². The molecule has 1 aromatic rings. The topological polar surface area (TPSA) is 38.5 Å². The molecule has 0 amide bonds. The van der Waals surface area contributed by atoms with Crippen molar-refractivity contribution in [2.45, 2.75) is 25.9 Å². The summed E-state index contributed by atoms with van der Waals surface area (Å²) >= 11 is 1.98. The first-order chi connectivity index (χ1) is 9.21. The van der Waals surface area contributed by atoms with Crippen molar-refractivity contribution in [2.24, 2.45) is 5.73 Å². The van der Waals surface area contributed by atoms with Crippen LogP contribution < -0.4 is 10.5 Å². The van der Waals surface area contributed by atoms with E-state index in [2.05, 4.69) is 31.0 Å². The van der Waals surface area contributed by atoms with Gasteiger partial charge < -0.3 is 10.5 Å². The smallest absolute Gasteiger partial charge is 0.119 e. The van der Waals surface area contributed by atoms with E-state index in [0.29, 0.717) is 12.6 Å². The standard InChI is InChI=1S/C15H26N2OS/c1-4-19-9-8-14(11-16)17(2)12-13-6-5-7-15(10-13)18-3/h5-7,10,14H,4,8-9,11-12,16H2,1-3H3. The lowest BCUT2D eigenvalue weighted by molar-refractivity contribution is 0.234. The molecular formula is C15H26N2OS. The summed E-state index contributed by atoms with van der Waals surface area (Å²) in [4.78, 5) is 2.34. The first-order valence-electron chi connectivity index (χ1n) is 6.82. The number of nitrogens with zero attached hydrogens (tertiary/aromatic N) is 1. The molecule has 108 valence electrons. The van der Waals surface area contributed by atoms with Crippen LogP contribution in [-0.4, -0.2) is 43.1 Å². The summed E-state index contributed by atoms with van der Waals surface area (Å²) in [6, 6.07) is 8.68. The lowest BCUT2D eigenvalue weighted by atomic mass is 10.1. The predicted octanol–water partition coefficient (Wildman–Crippen LogP) is 2.60. The number of methoxy groups -OCH3 is 1. The average Bonchev–Trinajstić information content (AvgIpc) is 2.43. The molecule has 1 unspecified atom stereocenters. The van der Waals surface area contributed by atoms with Gasteiger partial charge in [0.25, 0.3) is 0 Å². The number of hydrogen-bond donors (Lipinski definition) is 1. The molecular weight excluding hydrogens is 256 g/mol. The highest BCUT2D eigenvalue weighted by Gasteiger charge is 2.13. The van der Waals surface area contributed by atoms with Gasteiger partial charge in [-0.15, -0.1) is 0 Å². The summed E-state index contributed by atoms with van der Waals surface area (Å²) in [5.74, 6) is 3.27. The van der Waals surface area contributed by atoms with Crippen LogP contribution in [0.2, 0.25) is 0 Å². The highest BCUT2D eigenvalue weighted by atomic mass is 32.2. The maximum atomic E-state index is 5.89. The van der Waals surface area contributed by atoms with Gasteiger partial charge in [-0.3, -0.25) is 4.90 Å². The number of likely N-dealkylation sites (N-methyl/N-ethyl adjacent to an activating group) is 1. The Kier molecular flexibility index (Phi) is 7.94. The molecule has 0 spiro atoms. The van der Waals surface area contributed by atoms with Crippen LogP contribution in [0.1, 0.15) is 18.9 Å². The lowest BCUT2D eigenvalue weighted by Crippen LogP contribution is -2.37. The van der Waals surface area contributed by atoms with Gasteiger partial charge in [0.2, 0.25) is 0 Å². The van der Waals surface area contributed by atoms with Crippen molar-refractivity contribution < 1.29 is 4.74 Å². The minimum absolute atomic E-state index is 0.449. The van der Waals surface area contributed by atoms with E-state index in [-0.39, 0.29) is 0 Å². The fourth-order valence-corrected chi connectivity index (χ4v) is 2.80. The van der Waals surface area contributed by atoms with Gasteiger partial charge in [-0.25, -0.2) is 0 Å². The number of nitrogens with two attached hydrogens (primary N) is 1. The molecule has 1 rings (SSSR count). The first-order valence-corrected chi connectivity index (χ1v) is 7.97. The molecule has 0 aliphatic rings.